The van der Waals surface area contributed by atoms with Gasteiger partial charge in [-0.05, 0) is 36.2 Å². The van der Waals surface area contributed by atoms with Crippen molar-refractivity contribution < 1.29 is 20.1 Å². The number of carbonyl (C=O) groups excluding carboxylic acids is 1. The maximum Gasteiger partial charge on any atom is 0.293 e. The lowest BCUT2D eigenvalue weighted by atomic mass is 9.95. The van der Waals surface area contributed by atoms with Gasteiger partial charge in [-0.2, -0.15) is 5.10 Å². The lowest BCUT2D eigenvalue weighted by molar-refractivity contribution is 0.0783. The zero-order valence-electron chi connectivity index (χ0n) is 23.2. The van der Waals surface area contributed by atoms with Gasteiger partial charge in [0.25, 0.3) is 11.5 Å². The molecule has 0 saturated heterocycles. The van der Waals surface area contributed by atoms with Gasteiger partial charge in [-0.1, -0.05) is 12.1 Å². The Morgan fingerprint density at radius 3 is 2.63 bits per heavy atom. The van der Waals surface area contributed by atoms with Crippen molar-refractivity contribution in [1.82, 2.24) is 19.3 Å². The van der Waals surface area contributed by atoms with E-state index in [0.717, 1.165) is 11.3 Å². The zero-order valence-corrected chi connectivity index (χ0v) is 23.2. The van der Waals surface area contributed by atoms with E-state index in [1.807, 2.05) is 43.3 Å². The quantitative estimate of drug-likeness (QED) is 0.239. The van der Waals surface area contributed by atoms with Crippen molar-refractivity contribution in [2.45, 2.75) is 25.7 Å². The molecule has 2 aromatic heterocycles. The van der Waals surface area contributed by atoms with Gasteiger partial charge in [-0.3, -0.25) is 14.3 Å². The maximum absolute atomic E-state index is 13.6. The van der Waals surface area contributed by atoms with E-state index >= 15 is 0 Å². The Kier molecular flexibility index (Phi) is 7.88. The van der Waals surface area contributed by atoms with Crippen LogP contribution in [0, 0.1) is 0 Å². The number of rotatable bonds is 9. The van der Waals surface area contributed by atoms with Crippen molar-refractivity contribution in [3.8, 4) is 11.3 Å². The number of nitrogens with one attached hydrogen (secondary N) is 1. The van der Waals surface area contributed by atoms with Gasteiger partial charge < -0.3 is 35.0 Å². The number of benzene rings is 2. The lowest BCUT2D eigenvalue weighted by Gasteiger charge is -2.31. The van der Waals surface area contributed by atoms with Gasteiger partial charge in [-0.15, -0.1) is 0 Å². The number of fused-ring (bicyclic) bond motifs is 1. The Balaban J connectivity index is 1.48. The van der Waals surface area contributed by atoms with Crippen molar-refractivity contribution in [2.24, 2.45) is 7.05 Å². The average Bonchev–Trinajstić information content (AvgIpc) is 3.41. The van der Waals surface area contributed by atoms with Gasteiger partial charge >= 0.3 is 0 Å². The van der Waals surface area contributed by atoms with Crippen LogP contribution in [0.15, 0.2) is 59.8 Å². The second-order valence-corrected chi connectivity index (χ2v) is 10.2. The molecule has 12 nitrogen and oxygen atoms in total. The Labute approximate surface area is 236 Å². The van der Waals surface area contributed by atoms with Crippen molar-refractivity contribution in [3.05, 3.63) is 82.0 Å². The number of aliphatic hydroxyl groups is 3. The molecule has 41 heavy (non-hydrogen) atoms. The Morgan fingerprint density at radius 2 is 1.90 bits per heavy atom. The summed E-state index contributed by atoms with van der Waals surface area (Å²) in [6.45, 7) is -0.185. The number of aryl methyl sites for hydroxylation is 1. The summed E-state index contributed by atoms with van der Waals surface area (Å²) in [6, 6.07) is 11.2. The topological polar surface area (TPSA) is 149 Å². The summed E-state index contributed by atoms with van der Waals surface area (Å²) in [6.07, 6.45) is 4.37. The summed E-state index contributed by atoms with van der Waals surface area (Å²) in [5.41, 5.74) is 4.89. The molecule has 0 saturated carbocycles. The lowest BCUT2D eigenvalue weighted by Crippen LogP contribution is -2.38. The minimum absolute atomic E-state index is 0.0428. The average molecular weight is 560 g/mol. The Hall–Kier alpha value is -4.52. The molecule has 0 aliphatic carbocycles. The summed E-state index contributed by atoms with van der Waals surface area (Å²) < 4.78 is 2.84. The highest BCUT2D eigenvalue weighted by Crippen LogP contribution is 2.34. The number of carbonyl (C=O) groups is 1. The number of hydrogen-bond donors (Lipinski definition) is 4. The van der Waals surface area contributed by atoms with Gasteiger partial charge in [0.05, 0.1) is 49.1 Å². The predicted octanol–water partition coefficient (Wildman–Crippen LogP) is 1.50. The van der Waals surface area contributed by atoms with E-state index in [1.54, 1.807) is 36.5 Å². The SMILES string of the molecule is CN(C)c1ccc2c(c1)CCN(c1cccc(-c3cn(C)c(=O)c(Nc4cnn(CC(O)CO)c4)n3)c1CO)C2=O. The molecule has 1 unspecified atom stereocenters. The van der Waals surface area contributed by atoms with Crippen molar-refractivity contribution >= 4 is 28.8 Å². The molecule has 0 spiro atoms. The Bertz CT molecular complexity index is 1650. The van der Waals surface area contributed by atoms with Crippen molar-refractivity contribution in [2.75, 3.05) is 42.4 Å². The van der Waals surface area contributed by atoms with Crippen LogP contribution in [0.25, 0.3) is 11.3 Å². The number of amides is 1. The Morgan fingerprint density at radius 1 is 1.10 bits per heavy atom. The van der Waals surface area contributed by atoms with Gasteiger partial charge in [0.15, 0.2) is 5.82 Å². The molecule has 0 fully saturated rings. The highest BCUT2D eigenvalue weighted by atomic mass is 16.3. The van der Waals surface area contributed by atoms with E-state index in [1.165, 1.54) is 15.4 Å². The van der Waals surface area contributed by atoms with Gasteiger partial charge in [0, 0.05) is 62.5 Å². The van der Waals surface area contributed by atoms with Crippen molar-refractivity contribution in [3.63, 3.8) is 0 Å². The third-order valence-electron chi connectivity index (χ3n) is 7.14. The molecule has 1 atom stereocenters. The monoisotopic (exact) mass is 559 g/mol. The number of hydrogen-bond acceptors (Lipinski definition) is 9. The largest absolute Gasteiger partial charge is 0.394 e. The fraction of sp³-hybridized carbons (Fsp3) is 0.310. The molecule has 4 N–H and O–H groups in total. The normalized spacial score (nSPS) is 13.7. The number of nitrogens with zero attached hydrogens (tertiary/aromatic N) is 6. The molecule has 214 valence electrons. The van der Waals surface area contributed by atoms with Gasteiger partial charge in [0.2, 0.25) is 0 Å². The number of aliphatic hydroxyl groups excluding tert-OH is 3. The number of anilines is 4. The van der Waals surface area contributed by atoms with E-state index in [0.29, 0.717) is 46.7 Å². The molecule has 3 heterocycles. The van der Waals surface area contributed by atoms with Crippen LogP contribution < -0.4 is 20.7 Å². The molecule has 2 aromatic carbocycles. The molecule has 0 radical (unpaired) electrons. The third-order valence-corrected chi connectivity index (χ3v) is 7.14. The standard InChI is InChI=1S/C29H33N7O5/c1-33(2)20-7-8-22-18(11-20)9-10-36(28(22)40)26-6-4-5-23(24(26)17-38)25-15-34(3)29(41)27(32-25)31-19-12-30-35(13-19)14-21(39)16-37/h4-8,11-13,15,21,37-39H,9-10,14,16-17H2,1-3H3,(H,31,32). The van der Waals surface area contributed by atoms with E-state index in [-0.39, 0.29) is 30.4 Å². The van der Waals surface area contributed by atoms with Crippen LogP contribution in [0.4, 0.5) is 22.9 Å². The second-order valence-electron chi connectivity index (χ2n) is 10.2. The molecule has 1 aliphatic rings. The van der Waals surface area contributed by atoms with Gasteiger partial charge in [0.1, 0.15) is 0 Å². The summed E-state index contributed by atoms with van der Waals surface area (Å²) in [4.78, 5) is 34.8. The molecule has 12 heteroatoms. The molecule has 0 bridgehead atoms. The van der Waals surface area contributed by atoms with Crippen LogP contribution in [0.1, 0.15) is 21.5 Å². The smallest absolute Gasteiger partial charge is 0.293 e. The summed E-state index contributed by atoms with van der Waals surface area (Å²) in [5, 5.41) is 36.3. The fourth-order valence-corrected chi connectivity index (χ4v) is 4.97. The highest BCUT2D eigenvalue weighted by molar-refractivity contribution is 6.09. The minimum Gasteiger partial charge on any atom is -0.394 e. The summed E-state index contributed by atoms with van der Waals surface area (Å²) in [7, 11) is 5.53. The molecular weight excluding hydrogens is 526 g/mol. The van der Waals surface area contributed by atoms with Gasteiger partial charge in [-0.25, -0.2) is 4.98 Å². The van der Waals surface area contributed by atoms with Crippen LogP contribution >= 0.6 is 0 Å². The van der Waals surface area contributed by atoms with Crippen LogP contribution in [0.5, 0.6) is 0 Å². The predicted molar refractivity (Wildman–Crippen MR) is 156 cm³/mol. The van der Waals surface area contributed by atoms with Crippen LogP contribution in [0.2, 0.25) is 0 Å². The van der Waals surface area contributed by atoms with Crippen LogP contribution in [-0.4, -0.2) is 73.9 Å². The fourth-order valence-electron chi connectivity index (χ4n) is 4.97. The van der Waals surface area contributed by atoms with E-state index < -0.39 is 12.7 Å². The van der Waals surface area contributed by atoms with Crippen molar-refractivity contribution in [1.29, 1.82) is 0 Å². The van der Waals surface area contributed by atoms with E-state index in [9.17, 15) is 19.8 Å². The number of aromatic nitrogens is 4. The maximum atomic E-state index is 13.6. The second kappa shape index (κ2) is 11.5. The minimum atomic E-state index is -0.961. The molecule has 1 amide bonds. The first-order chi connectivity index (χ1) is 19.7. The van der Waals surface area contributed by atoms with Crippen LogP contribution in [0.3, 0.4) is 0 Å². The molecule has 1 aliphatic heterocycles. The van der Waals surface area contributed by atoms with Crippen LogP contribution in [-0.2, 0) is 26.6 Å². The first-order valence-electron chi connectivity index (χ1n) is 13.2. The molecular formula is C29H33N7O5. The zero-order chi connectivity index (χ0) is 29.3. The third kappa shape index (κ3) is 5.57. The van der Waals surface area contributed by atoms with E-state index in [4.69, 9.17) is 5.11 Å². The highest BCUT2D eigenvalue weighted by Gasteiger charge is 2.28. The summed E-state index contributed by atoms with van der Waals surface area (Å²) in [5.74, 6) is -0.0938. The molecule has 5 rings (SSSR count). The molecule has 4 aromatic rings. The first-order valence-corrected chi connectivity index (χ1v) is 13.2. The van der Waals surface area contributed by atoms with E-state index in [2.05, 4.69) is 15.4 Å². The summed E-state index contributed by atoms with van der Waals surface area (Å²) >= 11 is 0. The first kappa shape index (κ1) is 28.0.